The van der Waals surface area contributed by atoms with Crippen LogP contribution in [0.1, 0.15) is 6.42 Å². The minimum Gasteiger partial charge on any atom is -0.493 e. The fourth-order valence-electron chi connectivity index (χ4n) is 1.11. The highest BCUT2D eigenvalue weighted by atomic mass is 79.9. The molecule has 0 aliphatic heterocycles. The highest BCUT2D eigenvalue weighted by Crippen LogP contribution is 2.30. The lowest BCUT2D eigenvalue weighted by atomic mass is 10.3. The van der Waals surface area contributed by atoms with Crippen molar-refractivity contribution in [1.29, 1.82) is 0 Å². The fourth-order valence-corrected chi connectivity index (χ4v) is 1.45. The van der Waals surface area contributed by atoms with E-state index in [1.807, 2.05) is 6.07 Å². The van der Waals surface area contributed by atoms with Crippen LogP contribution in [0.25, 0.3) is 0 Å². The second kappa shape index (κ2) is 6.37. The van der Waals surface area contributed by atoms with E-state index in [9.17, 15) is 4.79 Å². The number of esters is 1. The average Bonchev–Trinajstić information content (AvgIpc) is 2.30. The third-order valence-electron chi connectivity index (χ3n) is 1.92. The Morgan fingerprint density at radius 3 is 2.69 bits per heavy atom. The number of hydrogen-bond acceptors (Lipinski definition) is 4. The molecule has 0 atom stereocenters. The number of carbonyl (C=O) groups excluding carboxylic acids is 1. The van der Waals surface area contributed by atoms with Gasteiger partial charge in [0.1, 0.15) is 0 Å². The van der Waals surface area contributed by atoms with Crippen LogP contribution in [0.5, 0.6) is 11.5 Å². The van der Waals surface area contributed by atoms with Gasteiger partial charge in [0.15, 0.2) is 11.5 Å². The molecule has 88 valence electrons. The molecule has 1 rings (SSSR count). The Bertz CT molecular complexity index is 365. The van der Waals surface area contributed by atoms with E-state index in [4.69, 9.17) is 9.47 Å². The molecule has 0 unspecified atom stereocenters. The minimum absolute atomic E-state index is 0.218. The third kappa shape index (κ3) is 3.73. The van der Waals surface area contributed by atoms with E-state index in [-0.39, 0.29) is 19.0 Å². The third-order valence-corrected chi connectivity index (χ3v) is 2.41. The Morgan fingerprint density at radius 2 is 2.06 bits per heavy atom. The zero-order valence-electron chi connectivity index (χ0n) is 9.16. The molecule has 0 amide bonds. The zero-order valence-corrected chi connectivity index (χ0v) is 10.7. The quantitative estimate of drug-likeness (QED) is 0.781. The highest BCUT2D eigenvalue weighted by molar-refractivity contribution is 9.10. The highest BCUT2D eigenvalue weighted by Gasteiger charge is 2.06. The Kier molecular flexibility index (Phi) is 5.11. The van der Waals surface area contributed by atoms with Gasteiger partial charge in [0.25, 0.3) is 0 Å². The van der Waals surface area contributed by atoms with Crippen LogP contribution in [-0.4, -0.2) is 26.8 Å². The van der Waals surface area contributed by atoms with Gasteiger partial charge in [-0.2, -0.15) is 0 Å². The standard InChI is InChI=1S/C11H13BrO4/c1-14-10-7-8(12)3-4-9(10)16-6-5-11(13)15-2/h3-4,7H,5-6H2,1-2H3. The Balaban J connectivity index is 2.56. The first-order chi connectivity index (χ1) is 7.67. The smallest absolute Gasteiger partial charge is 0.308 e. The summed E-state index contributed by atoms with van der Waals surface area (Å²) >= 11 is 3.33. The lowest BCUT2D eigenvalue weighted by molar-refractivity contribution is -0.141. The van der Waals surface area contributed by atoms with Crippen LogP contribution in [0.3, 0.4) is 0 Å². The van der Waals surface area contributed by atoms with Gasteiger partial charge in [-0.05, 0) is 18.2 Å². The Hall–Kier alpha value is -1.23. The van der Waals surface area contributed by atoms with Crippen LogP contribution in [0.2, 0.25) is 0 Å². The molecule has 0 radical (unpaired) electrons. The van der Waals surface area contributed by atoms with Gasteiger partial charge in [0.05, 0.1) is 27.2 Å². The van der Waals surface area contributed by atoms with Crippen LogP contribution < -0.4 is 9.47 Å². The molecule has 0 heterocycles. The van der Waals surface area contributed by atoms with Crippen molar-refractivity contribution < 1.29 is 19.0 Å². The molecule has 0 aromatic heterocycles. The van der Waals surface area contributed by atoms with Gasteiger partial charge in [-0.3, -0.25) is 4.79 Å². The van der Waals surface area contributed by atoms with Gasteiger partial charge in [-0.25, -0.2) is 0 Å². The summed E-state index contributed by atoms with van der Waals surface area (Å²) in [6, 6.07) is 5.42. The number of methoxy groups -OCH3 is 2. The summed E-state index contributed by atoms with van der Waals surface area (Å²) in [4.78, 5) is 10.9. The van der Waals surface area contributed by atoms with Gasteiger partial charge in [0, 0.05) is 4.47 Å². The number of carbonyl (C=O) groups is 1. The van der Waals surface area contributed by atoms with Crippen molar-refractivity contribution in [2.24, 2.45) is 0 Å². The van der Waals surface area contributed by atoms with E-state index in [0.717, 1.165) is 4.47 Å². The maximum atomic E-state index is 10.9. The molecule has 0 saturated carbocycles. The summed E-state index contributed by atoms with van der Waals surface area (Å²) < 4.78 is 16.0. The second-order valence-corrected chi connectivity index (χ2v) is 3.89. The summed E-state index contributed by atoms with van der Waals surface area (Å²) in [7, 11) is 2.91. The topological polar surface area (TPSA) is 44.8 Å². The fraction of sp³-hybridized carbons (Fsp3) is 0.364. The summed E-state index contributed by atoms with van der Waals surface area (Å²) in [5.74, 6) is 0.935. The van der Waals surface area contributed by atoms with Gasteiger partial charge in [0.2, 0.25) is 0 Å². The monoisotopic (exact) mass is 288 g/mol. The number of ether oxygens (including phenoxy) is 3. The molecule has 0 N–H and O–H groups in total. The number of halogens is 1. The van der Waals surface area contributed by atoms with Crippen molar-refractivity contribution in [3.63, 3.8) is 0 Å². The lowest BCUT2D eigenvalue weighted by Crippen LogP contribution is -2.07. The van der Waals surface area contributed by atoms with Crippen LogP contribution in [-0.2, 0) is 9.53 Å². The molecule has 1 aromatic carbocycles. The van der Waals surface area contributed by atoms with E-state index in [1.165, 1.54) is 7.11 Å². The molecular weight excluding hydrogens is 276 g/mol. The van der Waals surface area contributed by atoms with Crippen molar-refractivity contribution in [1.82, 2.24) is 0 Å². The Morgan fingerprint density at radius 1 is 1.31 bits per heavy atom. The van der Waals surface area contributed by atoms with Crippen molar-refractivity contribution in [2.45, 2.75) is 6.42 Å². The van der Waals surface area contributed by atoms with E-state index in [1.54, 1.807) is 19.2 Å². The summed E-state index contributed by atoms with van der Waals surface area (Å²) in [5, 5.41) is 0. The molecule has 5 heteroatoms. The predicted octanol–water partition coefficient (Wildman–Crippen LogP) is 2.40. The first-order valence-electron chi connectivity index (χ1n) is 4.70. The SMILES string of the molecule is COC(=O)CCOc1ccc(Br)cc1OC. The first-order valence-corrected chi connectivity index (χ1v) is 5.50. The van der Waals surface area contributed by atoms with E-state index in [0.29, 0.717) is 11.5 Å². The summed E-state index contributed by atoms with van der Waals surface area (Å²) in [5.41, 5.74) is 0. The molecule has 1 aromatic rings. The molecule has 16 heavy (non-hydrogen) atoms. The Labute approximate surface area is 103 Å². The predicted molar refractivity (Wildman–Crippen MR) is 62.8 cm³/mol. The molecule has 0 saturated heterocycles. The lowest BCUT2D eigenvalue weighted by Gasteiger charge is -2.10. The molecule has 0 aliphatic carbocycles. The van der Waals surface area contributed by atoms with Crippen molar-refractivity contribution >= 4 is 21.9 Å². The van der Waals surface area contributed by atoms with Gasteiger partial charge >= 0.3 is 5.97 Å². The van der Waals surface area contributed by atoms with Gasteiger partial charge in [-0.1, -0.05) is 15.9 Å². The van der Waals surface area contributed by atoms with Crippen LogP contribution in [0.4, 0.5) is 0 Å². The number of rotatable bonds is 5. The summed E-state index contributed by atoms with van der Waals surface area (Å²) in [6.45, 7) is 0.269. The van der Waals surface area contributed by atoms with Crippen LogP contribution >= 0.6 is 15.9 Å². The zero-order chi connectivity index (χ0) is 12.0. The molecule has 0 fully saturated rings. The van der Waals surface area contributed by atoms with Crippen molar-refractivity contribution in [3.05, 3.63) is 22.7 Å². The maximum absolute atomic E-state index is 10.9. The minimum atomic E-state index is -0.295. The first kappa shape index (κ1) is 12.8. The van der Waals surface area contributed by atoms with Crippen molar-refractivity contribution in [2.75, 3.05) is 20.8 Å². The molecule has 0 aliphatic rings. The summed E-state index contributed by atoms with van der Waals surface area (Å²) in [6.07, 6.45) is 0.218. The number of hydrogen-bond donors (Lipinski definition) is 0. The van der Waals surface area contributed by atoms with E-state index < -0.39 is 0 Å². The molecular formula is C11H13BrO4. The number of benzene rings is 1. The van der Waals surface area contributed by atoms with Gasteiger partial charge < -0.3 is 14.2 Å². The largest absolute Gasteiger partial charge is 0.493 e. The van der Waals surface area contributed by atoms with Crippen LogP contribution in [0, 0.1) is 0 Å². The second-order valence-electron chi connectivity index (χ2n) is 2.97. The molecule has 0 spiro atoms. The van der Waals surface area contributed by atoms with E-state index in [2.05, 4.69) is 20.7 Å². The normalized spacial score (nSPS) is 9.69. The van der Waals surface area contributed by atoms with Gasteiger partial charge in [-0.15, -0.1) is 0 Å². The molecule has 0 bridgehead atoms. The van der Waals surface area contributed by atoms with E-state index >= 15 is 0 Å². The molecule has 4 nitrogen and oxygen atoms in total. The van der Waals surface area contributed by atoms with Crippen molar-refractivity contribution in [3.8, 4) is 11.5 Å². The van der Waals surface area contributed by atoms with Crippen LogP contribution in [0.15, 0.2) is 22.7 Å². The maximum Gasteiger partial charge on any atom is 0.308 e. The average molecular weight is 289 g/mol.